The van der Waals surface area contributed by atoms with E-state index < -0.39 is 0 Å². The van der Waals surface area contributed by atoms with Crippen LogP contribution in [0.4, 0.5) is 10.1 Å². The fraction of sp³-hybridized carbons (Fsp3) is 0.375. The number of hydrogen-bond donors (Lipinski definition) is 1. The zero-order valence-electron chi connectivity index (χ0n) is 11.9. The third-order valence-corrected chi connectivity index (χ3v) is 4.04. The molecule has 0 saturated carbocycles. The third kappa shape index (κ3) is 3.09. The molecule has 1 aliphatic rings. The smallest absolute Gasteiger partial charge is 0.123 e. The first-order valence-corrected chi connectivity index (χ1v) is 7.26. The molecule has 0 radical (unpaired) electrons. The van der Waals surface area contributed by atoms with Crippen molar-refractivity contribution in [2.75, 3.05) is 37.6 Å². The maximum Gasteiger partial charge on any atom is 0.123 e. The molecule has 1 aromatic heterocycles. The van der Waals surface area contributed by atoms with Crippen molar-refractivity contribution >= 4 is 5.69 Å². The highest BCUT2D eigenvalue weighted by Crippen LogP contribution is 2.23. The van der Waals surface area contributed by atoms with Gasteiger partial charge in [-0.3, -0.25) is 4.90 Å². The second kappa shape index (κ2) is 6.28. The van der Waals surface area contributed by atoms with E-state index in [1.807, 2.05) is 24.3 Å². The molecule has 0 amide bonds. The first-order chi connectivity index (χ1) is 10.3. The van der Waals surface area contributed by atoms with E-state index in [9.17, 15) is 4.39 Å². The largest absolute Gasteiger partial charge is 0.468 e. The van der Waals surface area contributed by atoms with E-state index in [1.165, 1.54) is 12.1 Å². The van der Waals surface area contributed by atoms with Crippen molar-refractivity contribution in [3.05, 3.63) is 54.2 Å². The molecule has 2 N–H and O–H groups in total. The van der Waals surface area contributed by atoms with Crippen LogP contribution >= 0.6 is 0 Å². The van der Waals surface area contributed by atoms with Crippen LogP contribution in [0.2, 0.25) is 0 Å². The van der Waals surface area contributed by atoms with E-state index in [4.69, 9.17) is 10.2 Å². The molecule has 1 aromatic carbocycles. The summed E-state index contributed by atoms with van der Waals surface area (Å²) in [6.07, 6.45) is 1.69. The maximum atomic E-state index is 13.0. The Hall–Kier alpha value is -1.85. The highest BCUT2D eigenvalue weighted by Gasteiger charge is 2.25. The zero-order valence-corrected chi connectivity index (χ0v) is 11.9. The second-order valence-corrected chi connectivity index (χ2v) is 5.27. The number of rotatable bonds is 4. The standard InChI is InChI=1S/C16H20FN3O/c17-13-3-5-14(6-4-13)19-7-9-20(10-8-19)15(12-18)16-2-1-11-21-16/h1-6,11,15H,7-10,12,18H2. The Morgan fingerprint density at radius 2 is 1.81 bits per heavy atom. The molecule has 0 aliphatic carbocycles. The van der Waals surface area contributed by atoms with Crippen molar-refractivity contribution < 1.29 is 8.81 Å². The van der Waals surface area contributed by atoms with E-state index in [-0.39, 0.29) is 11.9 Å². The van der Waals surface area contributed by atoms with Gasteiger partial charge < -0.3 is 15.1 Å². The lowest BCUT2D eigenvalue weighted by molar-refractivity contribution is 0.169. The Labute approximate surface area is 123 Å². The van der Waals surface area contributed by atoms with Crippen LogP contribution in [0, 0.1) is 5.82 Å². The molecule has 2 heterocycles. The van der Waals surface area contributed by atoms with Crippen LogP contribution < -0.4 is 10.6 Å². The van der Waals surface area contributed by atoms with Gasteiger partial charge in [0, 0.05) is 38.4 Å². The maximum absolute atomic E-state index is 13.0. The number of halogens is 1. The monoisotopic (exact) mass is 289 g/mol. The van der Waals surface area contributed by atoms with Gasteiger partial charge >= 0.3 is 0 Å². The number of piperazine rings is 1. The molecule has 5 heteroatoms. The number of hydrogen-bond acceptors (Lipinski definition) is 4. The summed E-state index contributed by atoms with van der Waals surface area (Å²) in [4.78, 5) is 4.62. The van der Waals surface area contributed by atoms with Crippen molar-refractivity contribution in [1.82, 2.24) is 4.90 Å². The Balaban J connectivity index is 1.63. The summed E-state index contributed by atoms with van der Waals surface area (Å²) in [6, 6.07) is 10.7. The highest BCUT2D eigenvalue weighted by molar-refractivity contribution is 5.46. The van der Waals surface area contributed by atoms with E-state index in [0.717, 1.165) is 37.6 Å². The van der Waals surface area contributed by atoms with Gasteiger partial charge in [0.2, 0.25) is 0 Å². The van der Waals surface area contributed by atoms with Gasteiger partial charge in [0.05, 0.1) is 12.3 Å². The molecular weight excluding hydrogens is 269 g/mol. The molecule has 0 spiro atoms. The number of nitrogens with two attached hydrogens (primary N) is 1. The molecule has 1 saturated heterocycles. The molecular formula is C16H20FN3O. The molecule has 3 rings (SSSR count). The first kappa shape index (κ1) is 14.1. The van der Waals surface area contributed by atoms with Crippen molar-refractivity contribution in [1.29, 1.82) is 0 Å². The summed E-state index contributed by atoms with van der Waals surface area (Å²) in [7, 11) is 0. The number of anilines is 1. The summed E-state index contributed by atoms with van der Waals surface area (Å²) in [5, 5.41) is 0. The fourth-order valence-corrected chi connectivity index (χ4v) is 2.87. The zero-order chi connectivity index (χ0) is 14.7. The van der Waals surface area contributed by atoms with Crippen molar-refractivity contribution in [2.24, 2.45) is 5.73 Å². The number of benzene rings is 1. The summed E-state index contributed by atoms with van der Waals surface area (Å²) in [5.74, 6) is 0.728. The predicted molar refractivity (Wildman–Crippen MR) is 80.7 cm³/mol. The van der Waals surface area contributed by atoms with Crippen LogP contribution in [0.3, 0.4) is 0 Å². The van der Waals surface area contributed by atoms with Gasteiger partial charge in [-0.2, -0.15) is 0 Å². The first-order valence-electron chi connectivity index (χ1n) is 7.26. The van der Waals surface area contributed by atoms with Crippen LogP contribution in [-0.2, 0) is 0 Å². The van der Waals surface area contributed by atoms with Crippen molar-refractivity contribution in [2.45, 2.75) is 6.04 Å². The minimum absolute atomic E-state index is 0.135. The normalized spacial score (nSPS) is 17.9. The summed E-state index contributed by atoms with van der Waals surface area (Å²) in [5.41, 5.74) is 6.97. The van der Waals surface area contributed by atoms with Crippen molar-refractivity contribution in [3.8, 4) is 0 Å². The molecule has 4 nitrogen and oxygen atoms in total. The lowest BCUT2D eigenvalue weighted by Crippen LogP contribution is -2.49. The fourth-order valence-electron chi connectivity index (χ4n) is 2.87. The molecule has 1 unspecified atom stereocenters. The van der Waals surface area contributed by atoms with Crippen LogP contribution in [0.15, 0.2) is 47.1 Å². The lowest BCUT2D eigenvalue weighted by atomic mass is 10.1. The molecule has 2 aromatic rings. The lowest BCUT2D eigenvalue weighted by Gasteiger charge is -2.39. The minimum Gasteiger partial charge on any atom is -0.468 e. The summed E-state index contributed by atoms with van der Waals surface area (Å²) < 4.78 is 18.5. The topological polar surface area (TPSA) is 45.6 Å². The number of furan rings is 1. The third-order valence-electron chi connectivity index (χ3n) is 4.04. The van der Waals surface area contributed by atoms with Crippen molar-refractivity contribution in [3.63, 3.8) is 0 Å². The van der Waals surface area contributed by atoms with Crippen LogP contribution in [0.5, 0.6) is 0 Å². The average Bonchev–Trinajstić information content (AvgIpc) is 3.04. The van der Waals surface area contributed by atoms with Crippen LogP contribution in [0.25, 0.3) is 0 Å². The average molecular weight is 289 g/mol. The number of nitrogens with zero attached hydrogens (tertiary/aromatic N) is 2. The van der Waals surface area contributed by atoms with E-state index in [2.05, 4.69) is 9.80 Å². The highest BCUT2D eigenvalue weighted by atomic mass is 19.1. The Morgan fingerprint density at radius 3 is 2.38 bits per heavy atom. The SMILES string of the molecule is NCC(c1ccco1)N1CCN(c2ccc(F)cc2)CC1. The predicted octanol–water partition coefficient (Wildman–Crippen LogP) is 2.24. The van der Waals surface area contributed by atoms with E-state index in [1.54, 1.807) is 6.26 Å². The summed E-state index contributed by atoms with van der Waals surface area (Å²) >= 11 is 0. The molecule has 1 atom stereocenters. The van der Waals surface area contributed by atoms with Gasteiger partial charge in [0.25, 0.3) is 0 Å². The van der Waals surface area contributed by atoms with Gasteiger partial charge in [-0.15, -0.1) is 0 Å². The molecule has 1 aliphatic heterocycles. The molecule has 21 heavy (non-hydrogen) atoms. The molecule has 0 bridgehead atoms. The van der Waals surface area contributed by atoms with Crippen LogP contribution in [-0.4, -0.2) is 37.6 Å². The molecule has 112 valence electrons. The Kier molecular flexibility index (Phi) is 4.22. The van der Waals surface area contributed by atoms with Gasteiger partial charge in [-0.05, 0) is 36.4 Å². The summed E-state index contributed by atoms with van der Waals surface area (Å²) in [6.45, 7) is 4.19. The van der Waals surface area contributed by atoms with Crippen LogP contribution in [0.1, 0.15) is 11.8 Å². The minimum atomic E-state index is -0.196. The molecule has 1 fully saturated rings. The van der Waals surface area contributed by atoms with Gasteiger partial charge in [0.1, 0.15) is 11.6 Å². The Morgan fingerprint density at radius 1 is 1.10 bits per heavy atom. The van der Waals surface area contributed by atoms with Gasteiger partial charge in [-0.1, -0.05) is 0 Å². The quantitative estimate of drug-likeness (QED) is 0.937. The second-order valence-electron chi connectivity index (χ2n) is 5.27. The van der Waals surface area contributed by atoms with E-state index in [0.29, 0.717) is 6.54 Å². The van der Waals surface area contributed by atoms with E-state index >= 15 is 0 Å². The van der Waals surface area contributed by atoms with Gasteiger partial charge in [-0.25, -0.2) is 4.39 Å². The Bertz CT molecular complexity index is 547. The van der Waals surface area contributed by atoms with Gasteiger partial charge in [0.15, 0.2) is 0 Å².